The van der Waals surface area contributed by atoms with Gasteiger partial charge < -0.3 is 9.40 Å². The Morgan fingerprint density at radius 3 is 3.04 bits per heavy atom. The molecule has 0 fully saturated rings. The van der Waals surface area contributed by atoms with Crippen LogP contribution in [0.1, 0.15) is 22.4 Å². The highest BCUT2D eigenvalue weighted by molar-refractivity contribution is 7.98. The lowest BCUT2D eigenvalue weighted by molar-refractivity contribution is 0.419. The fourth-order valence-electron chi connectivity index (χ4n) is 2.13. The van der Waals surface area contributed by atoms with Crippen molar-refractivity contribution in [2.75, 3.05) is 0 Å². The lowest BCUT2D eigenvalue weighted by Gasteiger charge is -1.98. The molecule has 4 heterocycles. The van der Waals surface area contributed by atoms with Crippen molar-refractivity contribution in [3.05, 3.63) is 49.6 Å². The van der Waals surface area contributed by atoms with Gasteiger partial charge >= 0.3 is 0 Å². The molecule has 0 atom stereocenters. The number of aromatic nitrogens is 5. The maximum Gasteiger partial charge on any atom is 0.277 e. The van der Waals surface area contributed by atoms with E-state index in [-0.39, 0.29) is 5.56 Å². The number of aryl methyl sites for hydroxylation is 1. The van der Waals surface area contributed by atoms with Gasteiger partial charge in [-0.3, -0.25) is 4.79 Å². The van der Waals surface area contributed by atoms with E-state index in [0.717, 1.165) is 10.7 Å². The van der Waals surface area contributed by atoms with Gasteiger partial charge in [0.15, 0.2) is 0 Å². The third-order valence-electron chi connectivity index (χ3n) is 3.14. The number of thiophene rings is 1. The molecule has 1 N–H and O–H groups in total. The maximum absolute atomic E-state index is 11.9. The highest BCUT2D eigenvalue weighted by Crippen LogP contribution is 2.22. The zero-order valence-electron chi connectivity index (χ0n) is 12.5. The molecule has 122 valence electrons. The first-order valence-electron chi connectivity index (χ1n) is 7.00. The van der Waals surface area contributed by atoms with Crippen LogP contribution in [0.4, 0.5) is 0 Å². The average Bonchev–Trinajstić information content (AvgIpc) is 3.27. The van der Waals surface area contributed by atoms with Gasteiger partial charge in [0.2, 0.25) is 5.89 Å². The average molecular weight is 377 g/mol. The molecular weight excluding hydrogens is 366 g/mol. The molecule has 0 amide bonds. The molecule has 0 aliphatic rings. The summed E-state index contributed by atoms with van der Waals surface area (Å²) in [5.74, 6) is 1.57. The first-order chi connectivity index (χ1) is 11.7. The normalized spacial score (nSPS) is 11.4. The number of nitrogens with one attached hydrogen (secondary N) is 1. The van der Waals surface area contributed by atoms with Crippen molar-refractivity contribution in [3.8, 4) is 0 Å². The quantitative estimate of drug-likeness (QED) is 0.534. The summed E-state index contributed by atoms with van der Waals surface area (Å²) >= 11 is 4.32. The standard InChI is InChI=1S/C14H11N5O2S3/c1-7-15-8(5-23-7)4-11-18-19-14(21-11)24-6-10-16-9-2-3-22-12(9)13(20)17-10/h2-3,5H,4,6H2,1H3,(H,16,17,20). The Labute approximate surface area is 148 Å². The van der Waals surface area contributed by atoms with Gasteiger partial charge in [0.25, 0.3) is 10.8 Å². The molecule has 0 radical (unpaired) electrons. The topological polar surface area (TPSA) is 97.6 Å². The van der Waals surface area contributed by atoms with Gasteiger partial charge in [-0.15, -0.1) is 32.9 Å². The Hall–Kier alpha value is -2.04. The number of fused-ring (bicyclic) bond motifs is 1. The molecule has 4 aromatic rings. The van der Waals surface area contributed by atoms with Gasteiger partial charge in [-0.1, -0.05) is 11.8 Å². The molecule has 0 aromatic carbocycles. The molecule has 4 rings (SSSR count). The molecule has 0 spiro atoms. The van der Waals surface area contributed by atoms with E-state index in [1.807, 2.05) is 23.8 Å². The first kappa shape index (κ1) is 15.5. The van der Waals surface area contributed by atoms with Crippen LogP contribution in [0, 0.1) is 6.92 Å². The van der Waals surface area contributed by atoms with Crippen molar-refractivity contribution >= 4 is 44.7 Å². The summed E-state index contributed by atoms with van der Waals surface area (Å²) < 4.78 is 6.25. The molecule has 0 aliphatic carbocycles. The van der Waals surface area contributed by atoms with Crippen LogP contribution < -0.4 is 5.56 Å². The Bertz CT molecular complexity index is 1050. The third-order valence-corrected chi connectivity index (χ3v) is 5.70. The van der Waals surface area contributed by atoms with Crippen LogP contribution in [0.3, 0.4) is 0 Å². The summed E-state index contributed by atoms with van der Waals surface area (Å²) in [4.78, 5) is 23.5. The minimum absolute atomic E-state index is 0.115. The number of hydrogen-bond donors (Lipinski definition) is 1. The van der Waals surface area contributed by atoms with E-state index in [1.165, 1.54) is 23.1 Å². The molecule has 4 aromatic heterocycles. The zero-order valence-corrected chi connectivity index (χ0v) is 14.9. The maximum atomic E-state index is 11.9. The van der Waals surface area contributed by atoms with Gasteiger partial charge in [-0.05, 0) is 18.4 Å². The molecule has 0 saturated heterocycles. The first-order valence-corrected chi connectivity index (χ1v) is 9.74. The van der Waals surface area contributed by atoms with E-state index in [4.69, 9.17) is 4.42 Å². The summed E-state index contributed by atoms with van der Waals surface area (Å²) in [6.45, 7) is 1.96. The largest absolute Gasteiger partial charge is 0.416 e. The minimum atomic E-state index is -0.115. The summed E-state index contributed by atoms with van der Waals surface area (Å²) in [5, 5.41) is 13.3. The van der Waals surface area contributed by atoms with E-state index in [9.17, 15) is 4.79 Å². The second-order valence-electron chi connectivity index (χ2n) is 4.93. The van der Waals surface area contributed by atoms with E-state index in [2.05, 4.69) is 25.1 Å². The van der Waals surface area contributed by atoms with Gasteiger partial charge in [-0.25, -0.2) is 9.97 Å². The highest BCUT2D eigenvalue weighted by atomic mass is 32.2. The van der Waals surface area contributed by atoms with Crippen LogP contribution in [0.2, 0.25) is 0 Å². The summed E-state index contributed by atoms with van der Waals surface area (Å²) in [7, 11) is 0. The van der Waals surface area contributed by atoms with E-state index in [1.54, 1.807) is 11.3 Å². The molecule has 7 nitrogen and oxygen atoms in total. The van der Waals surface area contributed by atoms with Gasteiger partial charge in [0.05, 0.1) is 28.4 Å². The Morgan fingerprint density at radius 2 is 2.21 bits per heavy atom. The zero-order chi connectivity index (χ0) is 16.5. The second kappa shape index (κ2) is 6.46. The molecule has 24 heavy (non-hydrogen) atoms. The summed E-state index contributed by atoms with van der Waals surface area (Å²) in [5.41, 5.74) is 1.52. The fourth-order valence-corrected chi connectivity index (χ4v) is 4.12. The SMILES string of the molecule is Cc1nc(Cc2nnc(SCc3nc4ccsc4c(=O)[nH]3)o2)cs1. The van der Waals surface area contributed by atoms with E-state index < -0.39 is 0 Å². The smallest absolute Gasteiger partial charge is 0.277 e. The Morgan fingerprint density at radius 1 is 1.29 bits per heavy atom. The monoisotopic (exact) mass is 377 g/mol. The second-order valence-corrected chi connectivity index (χ2v) is 7.84. The van der Waals surface area contributed by atoms with Gasteiger partial charge in [0.1, 0.15) is 10.5 Å². The number of thiazole rings is 1. The Balaban J connectivity index is 1.44. The lowest BCUT2D eigenvalue weighted by Crippen LogP contribution is -2.09. The number of rotatable bonds is 5. The number of H-pyrrole nitrogens is 1. The molecular formula is C14H11N5O2S3. The van der Waals surface area contributed by atoms with Crippen molar-refractivity contribution in [3.63, 3.8) is 0 Å². The van der Waals surface area contributed by atoms with Crippen LogP contribution in [0.15, 0.2) is 31.3 Å². The predicted octanol–water partition coefficient (Wildman–Crippen LogP) is 3.02. The molecule has 0 bridgehead atoms. The molecule has 0 aliphatic heterocycles. The fraction of sp³-hybridized carbons (Fsp3) is 0.214. The summed E-state index contributed by atoms with van der Waals surface area (Å²) in [6.07, 6.45) is 0.522. The lowest BCUT2D eigenvalue weighted by atomic mass is 10.3. The van der Waals surface area contributed by atoms with Crippen LogP contribution in [-0.4, -0.2) is 25.1 Å². The molecule has 10 heteroatoms. The van der Waals surface area contributed by atoms with Crippen LogP contribution >= 0.6 is 34.4 Å². The summed E-state index contributed by atoms with van der Waals surface area (Å²) in [6, 6.07) is 1.84. The van der Waals surface area contributed by atoms with Gasteiger partial charge in [-0.2, -0.15) is 0 Å². The van der Waals surface area contributed by atoms with E-state index in [0.29, 0.717) is 39.3 Å². The van der Waals surface area contributed by atoms with Crippen LogP contribution in [0.5, 0.6) is 0 Å². The van der Waals surface area contributed by atoms with Crippen LogP contribution in [-0.2, 0) is 12.2 Å². The molecule has 0 unspecified atom stereocenters. The van der Waals surface area contributed by atoms with Crippen molar-refractivity contribution in [2.24, 2.45) is 0 Å². The highest BCUT2D eigenvalue weighted by Gasteiger charge is 2.11. The van der Waals surface area contributed by atoms with Crippen molar-refractivity contribution < 1.29 is 4.42 Å². The van der Waals surface area contributed by atoms with Crippen molar-refractivity contribution in [2.45, 2.75) is 24.3 Å². The van der Waals surface area contributed by atoms with Crippen molar-refractivity contribution in [1.29, 1.82) is 0 Å². The van der Waals surface area contributed by atoms with Crippen LogP contribution in [0.25, 0.3) is 10.2 Å². The van der Waals surface area contributed by atoms with E-state index >= 15 is 0 Å². The molecule has 0 saturated carbocycles. The Kier molecular flexibility index (Phi) is 4.17. The number of thioether (sulfide) groups is 1. The van der Waals surface area contributed by atoms with Crippen molar-refractivity contribution in [1.82, 2.24) is 25.1 Å². The predicted molar refractivity (Wildman–Crippen MR) is 93.8 cm³/mol. The number of aromatic amines is 1. The minimum Gasteiger partial charge on any atom is -0.416 e. The third kappa shape index (κ3) is 3.25. The van der Waals surface area contributed by atoms with Gasteiger partial charge in [0, 0.05) is 5.38 Å². The number of nitrogens with zero attached hydrogens (tertiary/aromatic N) is 4. The number of hydrogen-bond acceptors (Lipinski definition) is 9.